The summed E-state index contributed by atoms with van der Waals surface area (Å²) >= 11 is 5.58. The Labute approximate surface area is 110 Å². The van der Waals surface area contributed by atoms with Crippen molar-refractivity contribution in [3.8, 4) is 5.92 Å². The van der Waals surface area contributed by atoms with Crippen LogP contribution in [0.25, 0.3) is 0 Å². The second kappa shape index (κ2) is 12.4. The third kappa shape index (κ3) is 9.31. The molecule has 0 aliphatic heterocycles. The summed E-state index contributed by atoms with van der Waals surface area (Å²) in [6, 6.07) is 0. The number of ether oxygens (including phenoxy) is 2. The summed E-state index contributed by atoms with van der Waals surface area (Å²) in [5.74, 6) is 3.35. The van der Waals surface area contributed by atoms with Crippen LogP contribution in [-0.2, 0) is 9.47 Å². The molecule has 1 unspecified atom stereocenters. The molecule has 4 heteroatoms. The van der Waals surface area contributed by atoms with E-state index in [1.165, 1.54) is 0 Å². The largest absolute Gasteiger partial charge is 1.00 e. The number of rotatable bonds is 8. The standard InChI is InChI=1S/C11H18ClO2.Li/c1-4-10(6-5-9-12)7-8-11(13-2)14-3;/h10-11H,5-9H2,2-3H3;/q-1;+1. The van der Waals surface area contributed by atoms with Crippen LogP contribution < -0.4 is 18.9 Å². The van der Waals surface area contributed by atoms with Gasteiger partial charge in [0.1, 0.15) is 0 Å². The van der Waals surface area contributed by atoms with Crippen LogP contribution in [0, 0.1) is 18.3 Å². The molecule has 0 saturated carbocycles. The molecule has 0 heterocycles. The second-order valence-electron chi connectivity index (χ2n) is 3.15. The summed E-state index contributed by atoms with van der Waals surface area (Å²) in [7, 11) is 3.24. The van der Waals surface area contributed by atoms with E-state index in [9.17, 15) is 0 Å². The predicted octanol–water partition coefficient (Wildman–Crippen LogP) is -0.386. The van der Waals surface area contributed by atoms with E-state index < -0.39 is 0 Å². The van der Waals surface area contributed by atoms with Crippen molar-refractivity contribution in [2.45, 2.75) is 32.0 Å². The molecule has 0 radical (unpaired) electrons. The fourth-order valence-corrected chi connectivity index (χ4v) is 1.44. The van der Waals surface area contributed by atoms with E-state index >= 15 is 0 Å². The molecule has 0 aliphatic carbocycles. The van der Waals surface area contributed by atoms with Crippen LogP contribution in [0.3, 0.4) is 0 Å². The van der Waals surface area contributed by atoms with Crippen molar-refractivity contribution >= 4 is 11.6 Å². The Bertz CT molecular complexity index is 166. The molecule has 0 aliphatic rings. The Hall–Kier alpha value is 0.367. The molecule has 0 bridgehead atoms. The van der Waals surface area contributed by atoms with Gasteiger partial charge in [0.2, 0.25) is 0 Å². The number of methoxy groups -OCH3 is 2. The molecular formula is C11H18ClLiO2. The van der Waals surface area contributed by atoms with Gasteiger partial charge in [0.25, 0.3) is 0 Å². The zero-order valence-electron chi connectivity index (χ0n) is 9.88. The average molecular weight is 225 g/mol. The van der Waals surface area contributed by atoms with Gasteiger partial charge in [0.15, 0.2) is 6.29 Å². The fraction of sp³-hybridized carbons (Fsp3) is 0.818. The van der Waals surface area contributed by atoms with Gasteiger partial charge in [-0.05, 0) is 31.6 Å². The first-order valence-electron chi connectivity index (χ1n) is 4.82. The molecule has 0 spiro atoms. The van der Waals surface area contributed by atoms with E-state index in [4.69, 9.17) is 27.5 Å². The summed E-state index contributed by atoms with van der Waals surface area (Å²) < 4.78 is 10.1. The van der Waals surface area contributed by atoms with Crippen LogP contribution in [0.2, 0.25) is 0 Å². The third-order valence-electron chi connectivity index (χ3n) is 2.17. The average Bonchev–Trinajstić information content (AvgIpc) is 2.23. The van der Waals surface area contributed by atoms with Gasteiger partial charge in [-0.25, -0.2) is 0 Å². The fourth-order valence-electron chi connectivity index (χ4n) is 1.28. The van der Waals surface area contributed by atoms with E-state index in [-0.39, 0.29) is 31.1 Å². The minimum absolute atomic E-state index is 0. The Morgan fingerprint density at radius 3 is 2.20 bits per heavy atom. The van der Waals surface area contributed by atoms with Crippen molar-refractivity contribution in [1.82, 2.24) is 0 Å². The van der Waals surface area contributed by atoms with Crippen molar-refractivity contribution in [2.75, 3.05) is 20.1 Å². The molecule has 0 aromatic rings. The van der Waals surface area contributed by atoms with Gasteiger partial charge in [-0.15, -0.1) is 11.6 Å². The van der Waals surface area contributed by atoms with E-state index in [1.54, 1.807) is 14.2 Å². The SMILES string of the molecule is [C-]#CC(CCCCl)CCC(OC)OC.[Li+]. The summed E-state index contributed by atoms with van der Waals surface area (Å²) in [4.78, 5) is 0. The molecule has 0 saturated heterocycles. The van der Waals surface area contributed by atoms with Crippen molar-refractivity contribution in [3.05, 3.63) is 6.42 Å². The minimum Gasteiger partial charge on any atom is -0.693 e. The van der Waals surface area contributed by atoms with Gasteiger partial charge in [-0.1, -0.05) is 0 Å². The Balaban J connectivity index is 0. The number of hydrogen-bond donors (Lipinski definition) is 0. The van der Waals surface area contributed by atoms with Crippen molar-refractivity contribution in [2.24, 2.45) is 5.92 Å². The summed E-state index contributed by atoms with van der Waals surface area (Å²) in [6.45, 7) is 0. The Kier molecular flexibility index (Phi) is 14.7. The Morgan fingerprint density at radius 2 is 1.80 bits per heavy atom. The minimum atomic E-state index is -0.165. The first-order valence-corrected chi connectivity index (χ1v) is 5.35. The maximum Gasteiger partial charge on any atom is 1.00 e. The Morgan fingerprint density at radius 1 is 1.20 bits per heavy atom. The van der Waals surface area contributed by atoms with Crippen molar-refractivity contribution in [3.63, 3.8) is 0 Å². The van der Waals surface area contributed by atoms with Gasteiger partial charge in [-0.3, -0.25) is 0 Å². The normalized spacial score (nSPS) is 11.9. The zero-order chi connectivity index (χ0) is 10.8. The molecule has 0 fully saturated rings. The quantitative estimate of drug-likeness (QED) is 0.184. The number of hydrogen-bond acceptors (Lipinski definition) is 2. The summed E-state index contributed by atoms with van der Waals surface area (Å²) in [5.41, 5.74) is 0. The molecule has 0 rings (SSSR count). The first-order chi connectivity index (χ1) is 6.78. The van der Waals surface area contributed by atoms with Gasteiger partial charge >= 0.3 is 18.9 Å². The number of halogens is 1. The van der Waals surface area contributed by atoms with Crippen LogP contribution in [0.15, 0.2) is 0 Å². The van der Waals surface area contributed by atoms with Gasteiger partial charge < -0.3 is 21.8 Å². The molecule has 2 nitrogen and oxygen atoms in total. The molecule has 82 valence electrons. The van der Waals surface area contributed by atoms with Gasteiger partial charge in [0.05, 0.1) is 0 Å². The first kappa shape index (κ1) is 17.8. The second-order valence-corrected chi connectivity index (χ2v) is 3.53. The molecule has 1 atom stereocenters. The summed E-state index contributed by atoms with van der Waals surface area (Å²) in [5, 5.41) is 0. The van der Waals surface area contributed by atoms with Crippen LogP contribution in [-0.4, -0.2) is 26.4 Å². The molecule has 0 aromatic carbocycles. The topological polar surface area (TPSA) is 18.5 Å². The van der Waals surface area contributed by atoms with Crippen LogP contribution in [0.1, 0.15) is 25.7 Å². The van der Waals surface area contributed by atoms with Crippen molar-refractivity contribution in [1.29, 1.82) is 0 Å². The van der Waals surface area contributed by atoms with E-state index in [1.807, 2.05) is 0 Å². The van der Waals surface area contributed by atoms with E-state index in [0.29, 0.717) is 5.88 Å². The van der Waals surface area contributed by atoms with Crippen molar-refractivity contribution < 1.29 is 28.3 Å². The molecule has 15 heavy (non-hydrogen) atoms. The summed E-state index contributed by atoms with van der Waals surface area (Å²) in [6.07, 6.45) is 10.5. The molecular weight excluding hydrogens is 207 g/mol. The molecule has 0 amide bonds. The monoisotopic (exact) mass is 224 g/mol. The van der Waals surface area contributed by atoms with E-state index in [2.05, 4.69) is 5.92 Å². The van der Waals surface area contributed by atoms with Gasteiger partial charge in [0, 0.05) is 20.1 Å². The van der Waals surface area contributed by atoms with Crippen LogP contribution >= 0.6 is 11.6 Å². The van der Waals surface area contributed by atoms with Crippen LogP contribution in [0.5, 0.6) is 0 Å². The number of alkyl halides is 1. The maximum absolute atomic E-state index is 7.12. The smallest absolute Gasteiger partial charge is 0.693 e. The molecule has 0 N–H and O–H groups in total. The van der Waals surface area contributed by atoms with Gasteiger partial charge in [-0.2, -0.15) is 0 Å². The molecule has 0 aromatic heterocycles. The zero-order valence-corrected chi connectivity index (χ0v) is 10.6. The maximum atomic E-state index is 7.12. The third-order valence-corrected chi connectivity index (χ3v) is 2.43. The van der Waals surface area contributed by atoms with E-state index in [0.717, 1.165) is 25.7 Å². The predicted molar refractivity (Wildman–Crippen MR) is 57.6 cm³/mol. The van der Waals surface area contributed by atoms with Crippen LogP contribution in [0.4, 0.5) is 0 Å².